The molecule has 2 bridgehead atoms. The number of methoxy groups -OCH3 is 1. The van der Waals surface area contributed by atoms with Gasteiger partial charge in [-0.1, -0.05) is 30.3 Å². The Labute approximate surface area is 281 Å². The lowest BCUT2D eigenvalue weighted by Crippen LogP contribution is -2.51. The SMILES string of the molecule is COc1ccc2cc1OCCCN(C(=O)c1csc(-c3ncccn3)n1)CC(=O)N[C@@H](Cc1ccccc1)C(=O)NCCn1ccnc1-2. The van der Waals surface area contributed by atoms with E-state index in [1.54, 1.807) is 37.1 Å². The summed E-state index contributed by atoms with van der Waals surface area (Å²) >= 11 is 1.24. The predicted molar refractivity (Wildman–Crippen MR) is 178 cm³/mol. The number of thiazole rings is 1. The molecule has 1 aliphatic heterocycles. The Bertz CT molecular complexity index is 1860. The van der Waals surface area contributed by atoms with Gasteiger partial charge in [-0.05, 0) is 36.2 Å². The van der Waals surface area contributed by atoms with Crippen LogP contribution in [0.5, 0.6) is 11.5 Å². The van der Waals surface area contributed by atoms with Gasteiger partial charge in [-0.25, -0.2) is 19.9 Å². The number of fused-ring (bicyclic) bond motifs is 4. The Morgan fingerprint density at radius 2 is 1.88 bits per heavy atom. The van der Waals surface area contributed by atoms with Gasteiger partial charge in [0, 0.05) is 61.8 Å². The molecule has 4 heterocycles. The van der Waals surface area contributed by atoms with Crippen molar-refractivity contribution in [2.75, 3.05) is 33.4 Å². The van der Waals surface area contributed by atoms with Gasteiger partial charge in [-0.3, -0.25) is 14.4 Å². The van der Waals surface area contributed by atoms with Crippen LogP contribution in [-0.2, 0) is 22.6 Å². The number of hydrogen-bond acceptors (Lipinski definition) is 10. The first-order chi connectivity index (χ1) is 23.5. The molecule has 0 saturated carbocycles. The summed E-state index contributed by atoms with van der Waals surface area (Å²) in [6, 6.07) is 15.9. The zero-order valence-electron chi connectivity index (χ0n) is 26.2. The molecule has 13 nitrogen and oxygen atoms in total. The van der Waals surface area contributed by atoms with E-state index in [1.807, 2.05) is 59.3 Å². The van der Waals surface area contributed by atoms with Crippen LogP contribution in [0.4, 0.5) is 0 Å². The second-order valence-corrected chi connectivity index (χ2v) is 11.8. The number of hydrogen-bond donors (Lipinski definition) is 2. The molecule has 1 aliphatic rings. The highest BCUT2D eigenvalue weighted by Gasteiger charge is 2.26. The Balaban J connectivity index is 1.28. The molecule has 3 amide bonds. The van der Waals surface area contributed by atoms with Crippen LogP contribution in [-0.4, -0.2) is 86.5 Å². The summed E-state index contributed by atoms with van der Waals surface area (Å²) in [5.74, 6) is 0.926. The first-order valence-electron chi connectivity index (χ1n) is 15.4. The summed E-state index contributed by atoms with van der Waals surface area (Å²) in [6.07, 6.45) is 7.42. The number of benzene rings is 2. The van der Waals surface area contributed by atoms with E-state index in [0.29, 0.717) is 47.7 Å². The van der Waals surface area contributed by atoms with E-state index < -0.39 is 17.9 Å². The molecule has 0 radical (unpaired) electrons. The van der Waals surface area contributed by atoms with Crippen molar-refractivity contribution < 1.29 is 23.9 Å². The molecule has 0 saturated heterocycles. The molecule has 6 rings (SSSR count). The number of imidazole rings is 1. The molecule has 0 spiro atoms. The predicted octanol–water partition coefficient (Wildman–Crippen LogP) is 3.24. The Morgan fingerprint density at radius 1 is 1.04 bits per heavy atom. The van der Waals surface area contributed by atoms with Crippen molar-refractivity contribution >= 4 is 29.1 Å². The van der Waals surface area contributed by atoms with Gasteiger partial charge < -0.3 is 29.6 Å². The fourth-order valence-corrected chi connectivity index (χ4v) is 6.05. The van der Waals surface area contributed by atoms with Crippen molar-refractivity contribution in [3.05, 3.63) is 96.0 Å². The van der Waals surface area contributed by atoms with Gasteiger partial charge >= 0.3 is 0 Å². The lowest BCUT2D eigenvalue weighted by atomic mass is 10.1. The van der Waals surface area contributed by atoms with Crippen LogP contribution in [0.3, 0.4) is 0 Å². The van der Waals surface area contributed by atoms with Crippen LogP contribution in [0.2, 0.25) is 0 Å². The van der Waals surface area contributed by atoms with Crippen molar-refractivity contribution in [3.63, 3.8) is 0 Å². The third-order valence-corrected chi connectivity index (χ3v) is 8.49. The highest BCUT2D eigenvalue weighted by Crippen LogP contribution is 2.32. The van der Waals surface area contributed by atoms with Gasteiger partial charge in [-0.15, -0.1) is 11.3 Å². The number of aromatic nitrogens is 5. The quantitative estimate of drug-likeness (QED) is 0.288. The van der Waals surface area contributed by atoms with E-state index in [9.17, 15) is 14.4 Å². The molecule has 1 atom stereocenters. The third-order valence-electron chi connectivity index (χ3n) is 7.66. The standard InChI is InChI=1S/C34H34N8O5S/c1-46-27-10-9-24-20-28(27)47-18-6-15-42(34(45)26-22-48-33(40-26)30-35-11-5-12-36-30)21-29(43)39-25(19-23-7-3-2-4-8-23)32(44)38-14-17-41-16-13-37-31(24)41/h2-5,7-13,16,20,22,25H,6,14-15,17-19,21H2,1H3,(H,38,44)(H,39,43)/t25-/m0/s1. The fraction of sp³-hybridized carbons (Fsp3) is 0.265. The van der Waals surface area contributed by atoms with Crippen molar-refractivity contribution in [2.45, 2.75) is 25.4 Å². The van der Waals surface area contributed by atoms with Crippen LogP contribution in [0.1, 0.15) is 22.5 Å². The largest absolute Gasteiger partial charge is 0.493 e. The summed E-state index contributed by atoms with van der Waals surface area (Å²) in [7, 11) is 1.57. The van der Waals surface area contributed by atoms with Gasteiger partial charge in [-0.2, -0.15) is 0 Å². The van der Waals surface area contributed by atoms with E-state index in [2.05, 4.69) is 30.6 Å². The smallest absolute Gasteiger partial charge is 0.273 e. The van der Waals surface area contributed by atoms with Gasteiger partial charge in [0.25, 0.3) is 5.91 Å². The molecule has 0 fully saturated rings. The summed E-state index contributed by atoms with van der Waals surface area (Å²) in [4.78, 5) is 59.7. The highest BCUT2D eigenvalue weighted by molar-refractivity contribution is 7.13. The summed E-state index contributed by atoms with van der Waals surface area (Å²) in [6.45, 7) is 0.872. The first-order valence-corrected chi connectivity index (χ1v) is 16.3. The number of ether oxygens (including phenoxy) is 2. The molecule has 3 aromatic heterocycles. The van der Waals surface area contributed by atoms with Gasteiger partial charge in [0.2, 0.25) is 11.8 Å². The molecule has 48 heavy (non-hydrogen) atoms. The molecule has 246 valence electrons. The fourth-order valence-electron chi connectivity index (χ4n) is 5.31. The average molecular weight is 667 g/mol. The number of amides is 3. The first kappa shape index (κ1) is 32.3. The normalized spacial score (nSPS) is 16.0. The number of nitrogens with one attached hydrogen (secondary N) is 2. The van der Waals surface area contributed by atoms with Crippen LogP contribution < -0.4 is 20.1 Å². The van der Waals surface area contributed by atoms with E-state index in [-0.39, 0.29) is 37.7 Å². The minimum absolute atomic E-state index is 0.168. The second-order valence-electron chi connectivity index (χ2n) is 10.9. The Hall–Kier alpha value is -5.63. The van der Waals surface area contributed by atoms with Crippen molar-refractivity contribution in [1.29, 1.82) is 0 Å². The maximum absolute atomic E-state index is 13.8. The van der Waals surface area contributed by atoms with E-state index in [1.165, 1.54) is 16.2 Å². The Kier molecular flexibility index (Phi) is 10.3. The van der Waals surface area contributed by atoms with E-state index in [0.717, 1.165) is 11.1 Å². The second kappa shape index (κ2) is 15.3. The molecule has 0 unspecified atom stereocenters. The molecule has 0 aliphatic carbocycles. The minimum Gasteiger partial charge on any atom is -0.493 e. The minimum atomic E-state index is -0.869. The van der Waals surface area contributed by atoms with E-state index in [4.69, 9.17) is 9.47 Å². The molecule has 2 N–H and O–H groups in total. The molecular weight excluding hydrogens is 632 g/mol. The number of carbonyl (C=O) groups excluding carboxylic acids is 3. The molecule has 5 aromatic rings. The monoisotopic (exact) mass is 666 g/mol. The molecule has 2 aromatic carbocycles. The Morgan fingerprint density at radius 3 is 2.69 bits per heavy atom. The topological polar surface area (TPSA) is 153 Å². The van der Waals surface area contributed by atoms with Gasteiger partial charge in [0.15, 0.2) is 22.3 Å². The van der Waals surface area contributed by atoms with Crippen LogP contribution in [0.25, 0.3) is 22.2 Å². The molecular formula is C34H34N8O5S. The van der Waals surface area contributed by atoms with Crippen molar-refractivity contribution in [3.8, 4) is 33.7 Å². The lowest BCUT2D eigenvalue weighted by molar-refractivity contribution is -0.129. The maximum Gasteiger partial charge on any atom is 0.273 e. The van der Waals surface area contributed by atoms with Gasteiger partial charge in [0.1, 0.15) is 17.6 Å². The zero-order chi connectivity index (χ0) is 33.3. The summed E-state index contributed by atoms with van der Waals surface area (Å²) in [5, 5.41) is 7.95. The number of rotatable bonds is 5. The zero-order valence-corrected chi connectivity index (χ0v) is 27.1. The van der Waals surface area contributed by atoms with Crippen molar-refractivity contribution in [1.82, 2.24) is 40.0 Å². The van der Waals surface area contributed by atoms with Crippen LogP contribution in [0, 0.1) is 0 Å². The third kappa shape index (κ3) is 7.83. The lowest BCUT2D eigenvalue weighted by Gasteiger charge is -2.24. The van der Waals surface area contributed by atoms with Crippen LogP contribution in [0.15, 0.2) is 84.8 Å². The number of carbonyl (C=O) groups is 3. The number of nitrogens with zero attached hydrogens (tertiary/aromatic N) is 6. The average Bonchev–Trinajstić information content (AvgIpc) is 3.80. The summed E-state index contributed by atoms with van der Waals surface area (Å²) in [5.41, 5.74) is 1.87. The highest BCUT2D eigenvalue weighted by atomic mass is 32.1. The van der Waals surface area contributed by atoms with Gasteiger partial charge in [0.05, 0.1) is 20.3 Å². The molecule has 14 heteroatoms. The van der Waals surface area contributed by atoms with Crippen molar-refractivity contribution in [2.24, 2.45) is 0 Å². The van der Waals surface area contributed by atoms with E-state index >= 15 is 0 Å². The van der Waals surface area contributed by atoms with Crippen LogP contribution >= 0.6 is 11.3 Å². The maximum atomic E-state index is 13.8. The summed E-state index contributed by atoms with van der Waals surface area (Å²) < 4.78 is 13.6.